The lowest BCUT2D eigenvalue weighted by atomic mass is 10.0. The minimum absolute atomic E-state index is 0.256. The molecule has 0 aliphatic carbocycles. The van der Waals surface area contributed by atoms with Crippen LogP contribution in [0.4, 0.5) is 13.2 Å². The molecule has 3 aromatic carbocycles. The van der Waals surface area contributed by atoms with E-state index >= 15 is 0 Å². The van der Waals surface area contributed by atoms with E-state index in [4.69, 9.17) is 16.3 Å². The summed E-state index contributed by atoms with van der Waals surface area (Å²) in [6.07, 6.45) is -3.94. The molecule has 0 N–H and O–H groups in total. The van der Waals surface area contributed by atoms with Crippen molar-refractivity contribution in [2.24, 2.45) is 0 Å². The summed E-state index contributed by atoms with van der Waals surface area (Å²) in [4.78, 5) is 11.4. The zero-order chi connectivity index (χ0) is 19.4. The Labute approximate surface area is 159 Å². The maximum absolute atomic E-state index is 13.1. The van der Waals surface area contributed by atoms with Crippen LogP contribution < -0.4 is 4.74 Å². The first-order chi connectivity index (χ1) is 12.9. The zero-order valence-corrected chi connectivity index (χ0v) is 14.7. The number of rotatable bonds is 5. The van der Waals surface area contributed by atoms with Crippen molar-refractivity contribution < 1.29 is 22.7 Å². The number of benzene rings is 3. The minimum atomic E-state index is -4.56. The Morgan fingerprint density at radius 2 is 1.59 bits per heavy atom. The highest BCUT2D eigenvalue weighted by atomic mass is 35.5. The van der Waals surface area contributed by atoms with Gasteiger partial charge in [0.05, 0.1) is 16.1 Å². The summed E-state index contributed by atoms with van der Waals surface area (Å²) in [5, 5.41) is -0.371. The largest absolute Gasteiger partial charge is 0.488 e. The van der Waals surface area contributed by atoms with Crippen molar-refractivity contribution in [3.63, 3.8) is 0 Å². The molecule has 27 heavy (non-hydrogen) atoms. The molecule has 2 nitrogen and oxygen atoms in total. The smallest absolute Gasteiger partial charge is 0.417 e. The lowest BCUT2D eigenvalue weighted by Crippen LogP contribution is -2.06. The van der Waals surface area contributed by atoms with Crippen LogP contribution >= 0.6 is 11.6 Å². The van der Waals surface area contributed by atoms with Crippen molar-refractivity contribution >= 4 is 17.9 Å². The maximum Gasteiger partial charge on any atom is 0.417 e. The van der Waals surface area contributed by atoms with Crippen molar-refractivity contribution in [3.05, 3.63) is 88.4 Å². The van der Waals surface area contributed by atoms with Crippen molar-refractivity contribution in [1.29, 1.82) is 0 Å². The lowest BCUT2D eigenvalue weighted by molar-refractivity contribution is -0.137. The Balaban J connectivity index is 1.89. The van der Waals surface area contributed by atoms with Gasteiger partial charge in [0.15, 0.2) is 6.29 Å². The van der Waals surface area contributed by atoms with E-state index in [0.717, 1.165) is 11.6 Å². The number of hydrogen-bond donors (Lipinski definition) is 0. The number of carbonyl (C=O) groups is 1. The highest BCUT2D eigenvalue weighted by Gasteiger charge is 2.33. The summed E-state index contributed by atoms with van der Waals surface area (Å²) < 4.78 is 44.8. The van der Waals surface area contributed by atoms with Gasteiger partial charge in [0.1, 0.15) is 12.4 Å². The summed E-state index contributed by atoms with van der Waals surface area (Å²) in [6, 6.07) is 17.7. The highest BCUT2D eigenvalue weighted by Crippen LogP contribution is 2.37. The molecule has 0 fully saturated rings. The second-order valence-corrected chi connectivity index (χ2v) is 6.24. The Morgan fingerprint density at radius 1 is 0.926 bits per heavy atom. The van der Waals surface area contributed by atoms with Gasteiger partial charge in [-0.1, -0.05) is 54.1 Å². The fourth-order valence-corrected chi connectivity index (χ4v) is 2.83. The Hall–Kier alpha value is -2.79. The van der Waals surface area contributed by atoms with E-state index in [1.165, 1.54) is 18.2 Å². The molecule has 0 unspecified atom stereocenters. The summed E-state index contributed by atoms with van der Waals surface area (Å²) in [5.41, 5.74) is 1.05. The van der Waals surface area contributed by atoms with E-state index in [1.54, 1.807) is 12.1 Å². The van der Waals surface area contributed by atoms with E-state index in [2.05, 4.69) is 0 Å². The average molecular weight is 391 g/mol. The fraction of sp³-hybridized carbons (Fsp3) is 0.0952. The molecule has 3 aromatic rings. The van der Waals surface area contributed by atoms with Crippen LogP contribution in [0.2, 0.25) is 5.02 Å². The van der Waals surface area contributed by atoms with Crippen molar-refractivity contribution in [3.8, 4) is 16.9 Å². The third-order valence-corrected chi connectivity index (χ3v) is 4.31. The predicted octanol–water partition coefficient (Wildman–Crippen LogP) is 6.42. The van der Waals surface area contributed by atoms with Gasteiger partial charge in [0.2, 0.25) is 0 Å². The van der Waals surface area contributed by atoms with E-state index in [9.17, 15) is 18.0 Å². The standard InChI is InChI=1S/C21H14ClF3O2/c22-19-8-6-16(11-18(19)21(23,24)25)15-7-9-20(17(10-15)12-26)27-13-14-4-2-1-3-5-14/h1-12H,13H2. The molecular formula is C21H14ClF3O2. The third-order valence-electron chi connectivity index (χ3n) is 3.98. The van der Waals surface area contributed by atoms with Crippen LogP contribution in [0.3, 0.4) is 0 Å². The third kappa shape index (κ3) is 4.49. The van der Waals surface area contributed by atoms with E-state index in [-0.39, 0.29) is 17.2 Å². The number of halogens is 4. The molecule has 0 atom stereocenters. The van der Waals surface area contributed by atoms with Gasteiger partial charge in [0, 0.05) is 0 Å². The van der Waals surface area contributed by atoms with Crippen LogP contribution in [-0.4, -0.2) is 6.29 Å². The molecular weight excluding hydrogens is 377 g/mol. The second-order valence-electron chi connectivity index (χ2n) is 5.84. The predicted molar refractivity (Wildman–Crippen MR) is 98.1 cm³/mol. The number of hydrogen-bond acceptors (Lipinski definition) is 2. The van der Waals surface area contributed by atoms with Gasteiger partial charge in [-0.25, -0.2) is 0 Å². The van der Waals surface area contributed by atoms with E-state index < -0.39 is 11.7 Å². The molecule has 0 saturated heterocycles. The van der Waals surface area contributed by atoms with Crippen LogP contribution in [0.5, 0.6) is 5.75 Å². The van der Waals surface area contributed by atoms with Gasteiger partial charge < -0.3 is 4.74 Å². The molecule has 0 radical (unpaired) electrons. The SMILES string of the molecule is O=Cc1cc(-c2ccc(Cl)c(C(F)(F)F)c2)ccc1OCc1ccccc1. The fourth-order valence-electron chi connectivity index (χ4n) is 2.61. The van der Waals surface area contributed by atoms with Crippen molar-refractivity contribution in [2.45, 2.75) is 12.8 Å². The first-order valence-corrected chi connectivity index (χ1v) is 8.39. The summed E-state index contributed by atoms with van der Waals surface area (Å²) in [7, 11) is 0. The van der Waals surface area contributed by atoms with Gasteiger partial charge in [-0.3, -0.25) is 4.79 Å². The number of aldehydes is 1. The summed E-state index contributed by atoms with van der Waals surface area (Å²) in [6.45, 7) is 0.278. The first-order valence-electron chi connectivity index (χ1n) is 8.01. The Bertz CT molecular complexity index is 953. The average Bonchev–Trinajstić information content (AvgIpc) is 2.66. The maximum atomic E-state index is 13.1. The molecule has 0 heterocycles. The molecule has 0 bridgehead atoms. The number of alkyl halides is 3. The quantitative estimate of drug-likeness (QED) is 0.470. The Kier molecular flexibility index (Phi) is 5.51. The van der Waals surface area contributed by atoms with Crippen LogP contribution in [-0.2, 0) is 12.8 Å². The first kappa shape index (κ1) is 19.0. The molecule has 0 aliphatic rings. The second kappa shape index (κ2) is 7.84. The van der Waals surface area contributed by atoms with Gasteiger partial charge in [0.25, 0.3) is 0 Å². The van der Waals surface area contributed by atoms with Gasteiger partial charge in [-0.15, -0.1) is 0 Å². The lowest BCUT2D eigenvalue weighted by Gasteiger charge is -2.13. The highest BCUT2D eigenvalue weighted by molar-refractivity contribution is 6.31. The summed E-state index contributed by atoms with van der Waals surface area (Å²) in [5.74, 6) is 0.364. The van der Waals surface area contributed by atoms with Crippen LogP contribution in [0.15, 0.2) is 66.7 Å². The van der Waals surface area contributed by atoms with Crippen LogP contribution in [0.1, 0.15) is 21.5 Å². The van der Waals surface area contributed by atoms with E-state index in [1.807, 2.05) is 30.3 Å². The molecule has 0 aromatic heterocycles. The summed E-state index contributed by atoms with van der Waals surface area (Å²) >= 11 is 5.66. The molecule has 0 spiro atoms. The minimum Gasteiger partial charge on any atom is -0.488 e. The Morgan fingerprint density at radius 3 is 2.26 bits per heavy atom. The van der Waals surface area contributed by atoms with Crippen molar-refractivity contribution in [1.82, 2.24) is 0 Å². The van der Waals surface area contributed by atoms with Crippen LogP contribution in [0, 0.1) is 0 Å². The molecule has 0 amide bonds. The number of ether oxygens (including phenoxy) is 1. The normalized spacial score (nSPS) is 11.3. The van der Waals surface area contributed by atoms with Crippen LogP contribution in [0.25, 0.3) is 11.1 Å². The van der Waals surface area contributed by atoms with Gasteiger partial charge in [-0.05, 0) is 41.0 Å². The number of carbonyl (C=O) groups excluding carboxylic acids is 1. The molecule has 0 saturated carbocycles. The molecule has 138 valence electrons. The van der Waals surface area contributed by atoms with Gasteiger partial charge in [-0.2, -0.15) is 13.2 Å². The molecule has 3 rings (SSSR count). The van der Waals surface area contributed by atoms with E-state index in [0.29, 0.717) is 23.2 Å². The van der Waals surface area contributed by atoms with Gasteiger partial charge >= 0.3 is 6.18 Å². The molecule has 6 heteroatoms. The van der Waals surface area contributed by atoms with Crippen molar-refractivity contribution in [2.75, 3.05) is 0 Å². The topological polar surface area (TPSA) is 26.3 Å². The molecule has 0 aliphatic heterocycles. The monoisotopic (exact) mass is 390 g/mol. The zero-order valence-electron chi connectivity index (χ0n) is 14.0.